The topological polar surface area (TPSA) is 40.5 Å². The van der Waals surface area contributed by atoms with Crippen LogP contribution < -0.4 is 0 Å². The first-order valence-corrected chi connectivity index (χ1v) is 7.48. The van der Waals surface area contributed by atoms with Crippen LogP contribution in [0.4, 0.5) is 0 Å². The van der Waals surface area contributed by atoms with Gasteiger partial charge in [-0.15, -0.1) is 0 Å². The van der Waals surface area contributed by atoms with Gasteiger partial charge in [-0.1, -0.05) is 28.1 Å². The quantitative estimate of drug-likeness (QED) is 0.736. The van der Waals surface area contributed by atoms with Gasteiger partial charge in [0.05, 0.1) is 0 Å². The zero-order chi connectivity index (χ0) is 14.3. The maximum absolute atomic E-state index is 10.5. The zero-order valence-electron chi connectivity index (χ0n) is 11.6. The second-order valence-corrected chi connectivity index (χ2v) is 5.96. The van der Waals surface area contributed by atoms with E-state index in [0.29, 0.717) is 6.04 Å². The van der Waals surface area contributed by atoms with Crippen LogP contribution in [-0.2, 0) is 11.3 Å². The second kappa shape index (κ2) is 8.33. The summed E-state index contributed by atoms with van der Waals surface area (Å²) in [6.07, 6.45) is 1.95. The van der Waals surface area contributed by atoms with Crippen molar-refractivity contribution in [3.63, 3.8) is 0 Å². The van der Waals surface area contributed by atoms with E-state index in [9.17, 15) is 4.79 Å². The van der Waals surface area contributed by atoms with E-state index in [1.165, 1.54) is 5.56 Å². The normalized spacial score (nSPS) is 11.2. The van der Waals surface area contributed by atoms with Gasteiger partial charge in [0.1, 0.15) is 0 Å². The molecule has 0 radical (unpaired) electrons. The van der Waals surface area contributed by atoms with Crippen LogP contribution in [0.25, 0.3) is 0 Å². The summed E-state index contributed by atoms with van der Waals surface area (Å²) < 4.78 is 1.09. The van der Waals surface area contributed by atoms with Crippen LogP contribution in [-0.4, -0.2) is 28.6 Å². The molecular weight excluding hydrogens is 306 g/mol. The van der Waals surface area contributed by atoms with Crippen molar-refractivity contribution < 1.29 is 9.90 Å². The van der Waals surface area contributed by atoms with Crippen LogP contribution in [0.15, 0.2) is 28.7 Å². The van der Waals surface area contributed by atoms with Gasteiger partial charge in [-0.3, -0.25) is 9.69 Å². The Morgan fingerprint density at radius 2 is 1.89 bits per heavy atom. The molecule has 0 saturated heterocycles. The molecular formula is C15H22BrNO2. The van der Waals surface area contributed by atoms with Gasteiger partial charge in [-0.05, 0) is 50.9 Å². The smallest absolute Gasteiger partial charge is 0.303 e. The summed E-state index contributed by atoms with van der Waals surface area (Å²) in [5.41, 5.74) is 1.29. The lowest BCUT2D eigenvalue weighted by atomic mass is 10.1. The van der Waals surface area contributed by atoms with Crippen molar-refractivity contribution in [2.45, 2.75) is 45.7 Å². The number of nitrogens with zero attached hydrogens (tertiary/aromatic N) is 1. The number of aliphatic carboxylic acids is 1. The fourth-order valence-corrected chi connectivity index (χ4v) is 2.20. The number of unbranched alkanes of at least 4 members (excludes halogenated alkanes) is 1. The van der Waals surface area contributed by atoms with Gasteiger partial charge in [0, 0.05) is 23.5 Å². The predicted octanol–water partition coefficient (Wildman–Crippen LogP) is 3.91. The number of hydrogen-bond donors (Lipinski definition) is 1. The van der Waals surface area contributed by atoms with Crippen molar-refractivity contribution in [2.24, 2.45) is 0 Å². The summed E-state index contributed by atoms with van der Waals surface area (Å²) >= 11 is 3.44. The molecule has 0 saturated carbocycles. The minimum absolute atomic E-state index is 0.268. The van der Waals surface area contributed by atoms with Crippen molar-refractivity contribution in [3.8, 4) is 0 Å². The molecule has 0 aliphatic heterocycles. The van der Waals surface area contributed by atoms with E-state index in [1.807, 2.05) is 0 Å². The highest BCUT2D eigenvalue weighted by Crippen LogP contribution is 2.14. The predicted molar refractivity (Wildman–Crippen MR) is 81.2 cm³/mol. The van der Waals surface area contributed by atoms with E-state index in [-0.39, 0.29) is 6.42 Å². The molecule has 0 spiro atoms. The SMILES string of the molecule is CC(C)N(CCCCC(=O)O)Cc1ccc(Br)cc1. The summed E-state index contributed by atoms with van der Waals surface area (Å²) in [7, 11) is 0. The summed E-state index contributed by atoms with van der Waals surface area (Å²) in [6, 6.07) is 8.82. The third-order valence-electron chi connectivity index (χ3n) is 3.12. The van der Waals surface area contributed by atoms with Gasteiger partial charge in [0.25, 0.3) is 0 Å². The maximum atomic E-state index is 10.5. The summed E-state index contributed by atoms with van der Waals surface area (Å²) in [6.45, 7) is 6.21. The van der Waals surface area contributed by atoms with E-state index in [4.69, 9.17) is 5.11 Å². The Bertz CT molecular complexity index is 390. The average Bonchev–Trinajstić information content (AvgIpc) is 2.35. The van der Waals surface area contributed by atoms with Crippen LogP contribution in [0.1, 0.15) is 38.7 Å². The second-order valence-electron chi connectivity index (χ2n) is 5.04. The summed E-state index contributed by atoms with van der Waals surface area (Å²) in [5.74, 6) is -0.705. The Morgan fingerprint density at radius 3 is 2.42 bits per heavy atom. The fraction of sp³-hybridized carbons (Fsp3) is 0.533. The van der Waals surface area contributed by atoms with Gasteiger partial charge in [0.2, 0.25) is 0 Å². The maximum Gasteiger partial charge on any atom is 0.303 e. The van der Waals surface area contributed by atoms with E-state index in [0.717, 1.165) is 30.4 Å². The van der Waals surface area contributed by atoms with Crippen LogP contribution in [0, 0.1) is 0 Å². The Kier molecular flexibility index (Phi) is 7.10. The molecule has 1 aromatic rings. The number of benzene rings is 1. The van der Waals surface area contributed by atoms with Gasteiger partial charge in [0.15, 0.2) is 0 Å². The molecule has 1 N–H and O–H groups in total. The molecule has 0 amide bonds. The lowest BCUT2D eigenvalue weighted by Crippen LogP contribution is -2.31. The van der Waals surface area contributed by atoms with E-state index in [1.54, 1.807) is 0 Å². The van der Waals surface area contributed by atoms with Gasteiger partial charge in [-0.2, -0.15) is 0 Å². The Hall–Kier alpha value is -0.870. The van der Waals surface area contributed by atoms with E-state index in [2.05, 4.69) is 58.9 Å². The van der Waals surface area contributed by atoms with E-state index >= 15 is 0 Å². The molecule has 0 unspecified atom stereocenters. The molecule has 3 nitrogen and oxygen atoms in total. The Morgan fingerprint density at radius 1 is 1.26 bits per heavy atom. The number of halogens is 1. The number of carbonyl (C=O) groups is 1. The molecule has 0 aliphatic carbocycles. The fourth-order valence-electron chi connectivity index (χ4n) is 1.94. The molecule has 1 rings (SSSR count). The first-order valence-electron chi connectivity index (χ1n) is 6.69. The van der Waals surface area contributed by atoms with Gasteiger partial charge >= 0.3 is 5.97 Å². The van der Waals surface area contributed by atoms with Crippen molar-refractivity contribution in [1.82, 2.24) is 4.90 Å². The molecule has 0 fully saturated rings. The summed E-state index contributed by atoms with van der Waals surface area (Å²) in [4.78, 5) is 12.9. The molecule has 0 atom stereocenters. The highest BCUT2D eigenvalue weighted by Gasteiger charge is 2.10. The molecule has 19 heavy (non-hydrogen) atoms. The summed E-state index contributed by atoms with van der Waals surface area (Å²) in [5, 5.41) is 8.63. The van der Waals surface area contributed by atoms with Crippen molar-refractivity contribution in [1.29, 1.82) is 0 Å². The third-order valence-corrected chi connectivity index (χ3v) is 3.64. The monoisotopic (exact) mass is 327 g/mol. The standard InChI is InChI=1S/C15H22BrNO2/c1-12(2)17(10-4-3-5-15(18)19)11-13-6-8-14(16)9-7-13/h6-9,12H,3-5,10-11H2,1-2H3,(H,18,19). The lowest BCUT2D eigenvalue weighted by Gasteiger charge is -2.26. The van der Waals surface area contributed by atoms with Crippen LogP contribution >= 0.6 is 15.9 Å². The molecule has 0 aliphatic rings. The third kappa shape index (κ3) is 6.73. The Labute approximate surface area is 123 Å². The lowest BCUT2D eigenvalue weighted by molar-refractivity contribution is -0.137. The largest absolute Gasteiger partial charge is 0.481 e. The van der Waals surface area contributed by atoms with Gasteiger partial charge < -0.3 is 5.11 Å². The first-order chi connectivity index (χ1) is 8.99. The zero-order valence-corrected chi connectivity index (χ0v) is 13.2. The van der Waals surface area contributed by atoms with Crippen molar-refractivity contribution >= 4 is 21.9 Å². The highest BCUT2D eigenvalue weighted by atomic mass is 79.9. The van der Waals surface area contributed by atoms with Crippen LogP contribution in [0.2, 0.25) is 0 Å². The van der Waals surface area contributed by atoms with Crippen molar-refractivity contribution in [3.05, 3.63) is 34.3 Å². The number of carboxylic acid groups (broad SMARTS) is 1. The molecule has 0 bridgehead atoms. The van der Waals surface area contributed by atoms with Crippen molar-refractivity contribution in [2.75, 3.05) is 6.54 Å². The first kappa shape index (κ1) is 16.2. The van der Waals surface area contributed by atoms with Crippen LogP contribution in [0.3, 0.4) is 0 Å². The molecule has 0 heterocycles. The molecule has 0 aromatic heterocycles. The van der Waals surface area contributed by atoms with Crippen LogP contribution in [0.5, 0.6) is 0 Å². The minimum atomic E-state index is -0.705. The minimum Gasteiger partial charge on any atom is -0.481 e. The average molecular weight is 328 g/mol. The number of carboxylic acids is 1. The van der Waals surface area contributed by atoms with E-state index < -0.39 is 5.97 Å². The Balaban J connectivity index is 2.44. The highest BCUT2D eigenvalue weighted by molar-refractivity contribution is 9.10. The molecule has 106 valence electrons. The molecule has 1 aromatic carbocycles. The molecule has 4 heteroatoms. The number of rotatable bonds is 8. The number of hydrogen-bond acceptors (Lipinski definition) is 2. The van der Waals surface area contributed by atoms with Gasteiger partial charge in [-0.25, -0.2) is 0 Å².